The first-order chi connectivity index (χ1) is 8.41. The van der Waals surface area contributed by atoms with Gasteiger partial charge in [-0.15, -0.1) is 0 Å². The molecule has 0 amide bonds. The van der Waals surface area contributed by atoms with Gasteiger partial charge in [0.1, 0.15) is 5.75 Å². The van der Waals surface area contributed by atoms with Crippen molar-refractivity contribution in [3.63, 3.8) is 0 Å². The fraction of sp³-hybridized carbons (Fsp3) is 0.412. The highest BCUT2D eigenvalue weighted by Gasteiger charge is 2.21. The van der Waals surface area contributed by atoms with Gasteiger partial charge in [-0.1, -0.05) is 52.0 Å². The highest BCUT2D eigenvalue weighted by molar-refractivity contribution is 5.84. The smallest absolute Gasteiger partial charge is 0.119 e. The van der Waals surface area contributed by atoms with Gasteiger partial charge in [0.25, 0.3) is 0 Å². The minimum absolute atomic E-state index is 0.292. The quantitative estimate of drug-likeness (QED) is 0.720. The first kappa shape index (κ1) is 12.9. The molecule has 2 aromatic rings. The molecule has 1 unspecified atom stereocenters. The van der Waals surface area contributed by atoms with Gasteiger partial charge in [-0.2, -0.15) is 0 Å². The van der Waals surface area contributed by atoms with E-state index >= 15 is 0 Å². The highest BCUT2D eigenvalue weighted by atomic mass is 16.5. The Bertz CT molecular complexity index is 549. The zero-order valence-electron chi connectivity index (χ0n) is 11.9. The maximum absolute atomic E-state index is 5.25. The van der Waals surface area contributed by atoms with E-state index < -0.39 is 0 Å². The Balaban J connectivity index is 2.45. The van der Waals surface area contributed by atoms with E-state index in [0.29, 0.717) is 11.3 Å². The molecule has 96 valence electrons. The molecule has 0 aliphatic rings. The third kappa shape index (κ3) is 2.50. The van der Waals surface area contributed by atoms with Crippen LogP contribution in [-0.2, 0) is 0 Å². The summed E-state index contributed by atoms with van der Waals surface area (Å²) in [7, 11) is 1.71. The molecule has 1 heteroatoms. The second-order valence-electron chi connectivity index (χ2n) is 6.06. The molecule has 1 nitrogen and oxygen atoms in total. The maximum atomic E-state index is 5.25. The van der Waals surface area contributed by atoms with Gasteiger partial charge < -0.3 is 4.74 Å². The molecule has 1 atom stereocenters. The van der Waals surface area contributed by atoms with E-state index in [9.17, 15) is 0 Å². The van der Waals surface area contributed by atoms with Crippen LogP contribution in [0, 0.1) is 5.41 Å². The van der Waals surface area contributed by atoms with Crippen LogP contribution in [-0.4, -0.2) is 7.11 Å². The fourth-order valence-corrected chi connectivity index (χ4v) is 2.14. The van der Waals surface area contributed by atoms with E-state index in [-0.39, 0.29) is 0 Å². The first-order valence-electron chi connectivity index (χ1n) is 6.49. The van der Waals surface area contributed by atoms with Crippen LogP contribution in [0.3, 0.4) is 0 Å². The summed E-state index contributed by atoms with van der Waals surface area (Å²) < 4.78 is 5.25. The van der Waals surface area contributed by atoms with Crippen LogP contribution in [0.15, 0.2) is 36.4 Å². The summed E-state index contributed by atoms with van der Waals surface area (Å²) in [5.74, 6) is 1.46. The van der Waals surface area contributed by atoms with Gasteiger partial charge >= 0.3 is 0 Å². The lowest BCUT2D eigenvalue weighted by molar-refractivity contribution is 0.340. The number of ether oxygens (including phenoxy) is 1. The average molecular weight is 242 g/mol. The van der Waals surface area contributed by atoms with Crippen molar-refractivity contribution in [1.82, 2.24) is 0 Å². The van der Waals surface area contributed by atoms with Crippen molar-refractivity contribution >= 4 is 10.8 Å². The molecule has 0 saturated carbocycles. The summed E-state index contributed by atoms with van der Waals surface area (Å²) in [4.78, 5) is 0. The normalized spacial score (nSPS) is 13.6. The lowest BCUT2D eigenvalue weighted by atomic mass is 9.77. The molecule has 0 N–H and O–H groups in total. The molecule has 0 heterocycles. The van der Waals surface area contributed by atoms with Crippen molar-refractivity contribution in [3.05, 3.63) is 42.0 Å². The maximum Gasteiger partial charge on any atom is 0.119 e. The number of hydrogen-bond acceptors (Lipinski definition) is 1. The molecular weight excluding hydrogens is 220 g/mol. The van der Waals surface area contributed by atoms with Gasteiger partial charge in [0, 0.05) is 0 Å². The van der Waals surface area contributed by atoms with E-state index in [1.807, 2.05) is 6.07 Å². The van der Waals surface area contributed by atoms with E-state index in [2.05, 4.69) is 58.0 Å². The van der Waals surface area contributed by atoms with E-state index in [4.69, 9.17) is 4.74 Å². The molecule has 0 aromatic heterocycles. The van der Waals surface area contributed by atoms with E-state index in [1.54, 1.807) is 7.11 Å². The summed E-state index contributed by atoms with van der Waals surface area (Å²) in [5, 5.41) is 2.52. The standard InChI is InChI=1S/C17H22O/c1-12(17(2,3)4)13-6-7-15-11-16(18-5)9-8-14(15)10-13/h6-12H,1-5H3. The van der Waals surface area contributed by atoms with Crippen LogP contribution in [0.25, 0.3) is 10.8 Å². The van der Waals surface area contributed by atoms with Crippen molar-refractivity contribution in [2.45, 2.75) is 33.6 Å². The van der Waals surface area contributed by atoms with Crippen molar-refractivity contribution in [2.75, 3.05) is 7.11 Å². The second kappa shape index (κ2) is 4.64. The molecule has 18 heavy (non-hydrogen) atoms. The summed E-state index contributed by atoms with van der Waals surface area (Å²) in [6.45, 7) is 9.16. The Hall–Kier alpha value is -1.50. The molecular formula is C17H22O. The molecule has 0 saturated heterocycles. The van der Waals surface area contributed by atoms with Gasteiger partial charge in [0.2, 0.25) is 0 Å². The predicted molar refractivity (Wildman–Crippen MR) is 78.4 cm³/mol. The summed E-state index contributed by atoms with van der Waals surface area (Å²) in [6, 6.07) is 13.0. The number of benzene rings is 2. The van der Waals surface area contributed by atoms with Crippen LogP contribution in [0.5, 0.6) is 5.75 Å². The largest absolute Gasteiger partial charge is 0.497 e. The molecule has 0 aliphatic heterocycles. The van der Waals surface area contributed by atoms with Gasteiger partial charge in [-0.05, 0) is 39.8 Å². The number of methoxy groups -OCH3 is 1. The zero-order chi connectivity index (χ0) is 13.3. The van der Waals surface area contributed by atoms with Crippen molar-refractivity contribution in [2.24, 2.45) is 5.41 Å². The van der Waals surface area contributed by atoms with Crippen LogP contribution < -0.4 is 4.74 Å². The molecule has 0 radical (unpaired) electrons. The lowest BCUT2D eigenvalue weighted by Crippen LogP contribution is -2.15. The Morgan fingerprint density at radius 1 is 0.944 bits per heavy atom. The minimum Gasteiger partial charge on any atom is -0.497 e. The summed E-state index contributed by atoms with van der Waals surface area (Å²) >= 11 is 0. The second-order valence-corrected chi connectivity index (χ2v) is 6.06. The number of fused-ring (bicyclic) bond motifs is 1. The molecule has 0 spiro atoms. The predicted octanol–water partition coefficient (Wildman–Crippen LogP) is 5.00. The minimum atomic E-state index is 0.292. The Kier molecular flexibility index (Phi) is 3.34. The molecule has 0 bridgehead atoms. The SMILES string of the molecule is COc1ccc2cc(C(C)C(C)(C)C)ccc2c1. The van der Waals surface area contributed by atoms with Gasteiger partial charge in [0.15, 0.2) is 0 Å². The Labute approximate surface area is 110 Å². The average Bonchev–Trinajstić information content (AvgIpc) is 2.35. The van der Waals surface area contributed by atoms with E-state index in [1.165, 1.54) is 16.3 Å². The third-order valence-electron chi connectivity index (χ3n) is 3.87. The van der Waals surface area contributed by atoms with Crippen LogP contribution >= 0.6 is 0 Å². The van der Waals surface area contributed by atoms with Gasteiger partial charge in [0.05, 0.1) is 7.11 Å². The fourth-order valence-electron chi connectivity index (χ4n) is 2.14. The van der Waals surface area contributed by atoms with Crippen molar-refractivity contribution in [1.29, 1.82) is 0 Å². The Morgan fingerprint density at radius 3 is 2.17 bits per heavy atom. The van der Waals surface area contributed by atoms with Crippen LogP contribution in [0.4, 0.5) is 0 Å². The van der Waals surface area contributed by atoms with E-state index in [0.717, 1.165) is 5.75 Å². The summed E-state index contributed by atoms with van der Waals surface area (Å²) in [6.07, 6.45) is 0. The van der Waals surface area contributed by atoms with Crippen molar-refractivity contribution < 1.29 is 4.74 Å². The van der Waals surface area contributed by atoms with Gasteiger partial charge in [-0.25, -0.2) is 0 Å². The molecule has 2 rings (SSSR count). The van der Waals surface area contributed by atoms with Crippen molar-refractivity contribution in [3.8, 4) is 5.75 Å². The lowest BCUT2D eigenvalue weighted by Gasteiger charge is -2.27. The van der Waals surface area contributed by atoms with Crippen LogP contribution in [0.2, 0.25) is 0 Å². The first-order valence-corrected chi connectivity index (χ1v) is 6.49. The third-order valence-corrected chi connectivity index (χ3v) is 3.87. The zero-order valence-corrected chi connectivity index (χ0v) is 11.9. The Morgan fingerprint density at radius 2 is 1.56 bits per heavy atom. The van der Waals surface area contributed by atoms with Gasteiger partial charge in [-0.3, -0.25) is 0 Å². The molecule has 0 fully saturated rings. The number of hydrogen-bond donors (Lipinski definition) is 0. The summed E-state index contributed by atoms with van der Waals surface area (Å²) in [5.41, 5.74) is 1.69. The van der Waals surface area contributed by atoms with Crippen LogP contribution in [0.1, 0.15) is 39.2 Å². The molecule has 2 aromatic carbocycles. The monoisotopic (exact) mass is 242 g/mol. The highest BCUT2D eigenvalue weighted by Crippen LogP contribution is 2.35. The number of rotatable bonds is 2. The topological polar surface area (TPSA) is 9.23 Å². The molecule has 0 aliphatic carbocycles.